The van der Waals surface area contributed by atoms with Crippen LogP contribution in [0.1, 0.15) is 27.7 Å². The van der Waals surface area contributed by atoms with Crippen molar-refractivity contribution in [3.8, 4) is 0 Å². The Morgan fingerprint density at radius 1 is 1.44 bits per heavy atom. The van der Waals surface area contributed by atoms with Crippen molar-refractivity contribution in [1.29, 1.82) is 0 Å². The zero-order valence-corrected chi connectivity index (χ0v) is 11.1. The molecule has 3 heteroatoms. The number of nitrogens with zero attached hydrogens (tertiary/aromatic N) is 2. The highest BCUT2D eigenvalue weighted by molar-refractivity contribution is 4.96. The Balaban J connectivity index is 2.36. The van der Waals surface area contributed by atoms with Gasteiger partial charge in [0.05, 0.1) is 6.10 Å². The summed E-state index contributed by atoms with van der Waals surface area (Å²) in [4.78, 5) is 4.86. The van der Waals surface area contributed by atoms with Crippen molar-refractivity contribution in [3.63, 3.8) is 0 Å². The molecule has 0 unspecified atom stereocenters. The number of aliphatic hydroxyl groups excluding tert-OH is 1. The van der Waals surface area contributed by atoms with E-state index in [9.17, 15) is 5.11 Å². The molecule has 0 radical (unpaired) electrons. The van der Waals surface area contributed by atoms with E-state index >= 15 is 0 Å². The van der Waals surface area contributed by atoms with Gasteiger partial charge in [0.25, 0.3) is 0 Å². The predicted octanol–water partition coefficient (Wildman–Crippen LogP) is 1.34. The van der Waals surface area contributed by atoms with Crippen molar-refractivity contribution < 1.29 is 5.11 Å². The largest absolute Gasteiger partial charge is 0.392 e. The van der Waals surface area contributed by atoms with E-state index in [2.05, 4.69) is 36.6 Å². The van der Waals surface area contributed by atoms with Crippen LogP contribution in [-0.2, 0) is 0 Å². The van der Waals surface area contributed by atoms with Crippen LogP contribution in [0.2, 0.25) is 0 Å². The molecule has 0 aromatic heterocycles. The summed E-state index contributed by atoms with van der Waals surface area (Å²) in [5.41, 5.74) is 1.39. The number of β-amino-alcohol motifs (C(OH)–C–C–N with tert-alkyl or cyclic N) is 1. The molecule has 1 N–H and O–H groups in total. The number of rotatable bonds is 4. The summed E-state index contributed by atoms with van der Waals surface area (Å²) in [7, 11) is 0. The Labute approximate surface area is 99.7 Å². The first-order valence-electron chi connectivity index (χ1n) is 6.27. The van der Waals surface area contributed by atoms with E-state index in [1.807, 2.05) is 6.92 Å². The molecule has 1 aliphatic heterocycles. The maximum absolute atomic E-state index is 9.40. The standard InChI is InChI=1S/C13H26N2O/c1-11(2)5-6-14-7-8-15(10-13(4)16)12(3)9-14/h5,12-13,16H,6-10H2,1-4H3/t12-,13+/m0/s1. The molecule has 1 aliphatic rings. The summed E-state index contributed by atoms with van der Waals surface area (Å²) >= 11 is 0. The van der Waals surface area contributed by atoms with Gasteiger partial charge in [-0.3, -0.25) is 9.80 Å². The number of allylic oxidation sites excluding steroid dienone is 1. The molecule has 1 saturated heterocycles. The van der Waals surface area contributed by atoms with Crippen molar-refractivity contribution in [2.45, 2.75) is 39.8 Å². The van der Waals surface area contributed by atoms with Gasteiger partial charge in [-0.15, -0.1) is 0 Å². The van der Waals surface area contributed by atoms with Crippen LogP contribution in [-0.4, -0.2) is 59.8 Å². The Hall–Kier alpha value is -0.380. The van der Waals surface area contributed by atoms with Gasteiger partial charge in [0, 0.05) is 38.8 Å². The Bertz CT molecular complexity index is 234. The molecule has 2 atom stereocenters. The normalized spacial score (nSPS) is 25.4. The molecule has 0 aromatic carbocycles. The third kappa shape index (κ3) is 4.64. The molecule has 0 bridgehead atoms. The first kappa shape index (κ1) is 13.7. The predicted molar refractivity (Wildman–Crippen MR) is 68.6 cm³/mol. The average Bonchev–Trinajstić information content (AvgIpc) is 2.18. The number of piperazine rings is 1. The minimum absolute atomic E-state index is 0.216. The third-order valence-electron chi connectivity index (χ3n) is 3.11. The summed E-state index contributed by atoms with van der Waals surface area (Å²) in [5.74, 6) is 0. The maximum atomic E-state index is 9.40. The molecule has 0 amide bonds. The summed E-state index contributed by atoms with van der Waals surface area (Å²) in [6, 6.07) is 0.550. The molecule has 1 fully saturated rings. The van der Waals surface area contributed by atoms with Crippen molar-refractivity contribution >= 4 is 0 Å². The van der Waals surface area contributed by atoms with E-state index in [-0.39, 0.29) is 6.10 Å². The SMILES string of the molecule is CC(C)=CCN1CCN(C[C@@H](C)O)[C@@H](C)C1. The van der Waals surface area contributed by atoms with Crippen LogP contribution < -0.4 is 0 Å². The quantitative estimate of drug-likeness (QED) is 0.733. The van der Waals surface area contributed by atoms with E-state index in [1.54, 1.807) is 0 Å². The fourth-order valence-electron chi connectivity index (χ4n) is 2.16. The Morgan fingerprint density at radius 2 is 2.12 bits per heavy atom. The maximum Gasteiger partial charge on any atom is 0.0639 e. The topological polar surface area (TPSA) is 26.7 Å². The second-order valence-electron chi connectivity index (χ2n) is 5.23. The third-order valence-corrected chi connectivity index (χ3v) is 3.11. The van der Waals surface area contributed by atoms with Crippen LogP contribution >= 0.6 is 0 Å². The minimum Gasteiger partial charge on any atom is -0.392 e. The molecule has 94 valence electrons. The first-order valence-corrected chi connectivity index (χ1v) is 6.27. The molecule has 16 heavy (non-hydrogen) atoms. The minimum atomic E-state index is -0.216. The lowest BCUT2D eigenvalue weighted by Crippen LogP contribution is -2.53. The summed E-state index contributed by atoms with van der Waals surface area (Å²) in [5, 5.41) is 9.40. The molecular weight excluding hydrogens is 200 g/mol. The molecule has 1 heterocycles. The highest BCUT2D eigenvalue weighted by Gasteiger charge is 2.23. The fraction of sp³-hybridized carbons (Fsp3) is 0.846. The molecule has 0 aliphatic carbocycles. The van der Waals surface area contributed by atoms with Crippen molar-refractivity contribution in [1.82, 2.24) is 9.80 Å². The van der Waals surface area contributed by atoms with Gasteiger partial charge in [-0.2, -0.15) is 0 Å². The molecule has 0 saturated carbocycles. The first-order chi connectivity index (χ1) is 7.49. The van der Waals surface area contributed by atoms with Gasteiger partial charge >= 0.3 is 0 Å². The van der Waals surface area contributed by atoms with E-state index in [0.717, 1.165) is 32.7 Å². The van der Waals surface area contributed by atoms with Crippen LogP contribution in [0.4, 0.5) is 0 Å². The van der Waals surface area contributed by atoms with E-state index in [1.165, 1.54) is 5.57 Å². The van der Waals surface area contributed by atoms with Crippen molar-refractivity contribution in [2.75, 3.05) is 32.7 Å². The van der Waals surface area contributed by atoms with E-state index < -0.39 is 0 Å². The molecule has 0 spiro atoms. The van der Waals surface area contributed by atoms with Crippen LogP contribution in [0.25, 0.3) is 0 Å². The molecular formula is C13H26N2O. The van der Waals surface area contributed by atoms with Crippen LogP contribution in [0.15, 0.2) is 11.6 Å². The highest BCUT2D eigenvalue weighted by Crippen LogP contribution is 2.10. The zero-order chi connectivity index (χ0) is 12.1. The molecule has 3 nitrogen and oxygen atoms in total. The summed E-state index contributed by atoms with van der Waals surface area (Å²) < 4.78 is 0. The number of hydrogen-bond donors (Lipinski definition) is 1. The molecule has 0 aromatic rings. The second-order valence-corrected chi connectivity index (χ2v) is 5.23. The van der Waals surface area contributed by atoms with Crippen molar-refractivity contribution in [2.24, 2.45) is 0 Å². The van der Waals surface area contributed by atoms with Gasteiger partial charge in [-0.1, -0.05) is 11.6 Å². The summed E-state index contributed by atoms with van der Waals surface area (Å²) in [6.07, 6.45) is 2.07. The van der Waals surface area contributed by atoms with Gasteiger partial charge in [-0.05, 0) is 27.7 Å². The summed E-state index contributed by atoms with van der Waals surface area (Å²) in [6.45, 7) is 13.6. The van der Waals surface area contributed by atoms with Crippen LogP contribution in [0.5, 0.6) is 0 Å². The van der Waals surface area contributed by atoms with Gasteiger partial charge in [0.2, 0.25) is 0 Å². The van der Waals surface area contributed by atoms with Gasteiger partial charge in [-0.25, -0.2) is 0 Å². The lowest BCUT2D eigenvalue weighted by Gasteiger charge is -2.40. The van der Waals surface area contributed by atoms with Gasteiger partial charge in [0.1, 0.15) is 0 Å². The van der Waals surface area contributed by atoms with Gasteiger partial charge < -0.3 is 5.11 Å². The monoisotopic (exact) mass is 226 g/mol. The van der Waals surface area contributed by atoms with E-state index in [4.69, 9.17) is 0 Å². The Kier molecular flexibility index (Phi) is 5.46. The highest BCUT2D eigenvalue weighted by atomic mass is 16.3. The second kappa shape index (κ2) is 6.38. The van der Waals surface area contributed by atoms with Crippen molar-refractivity contribution in [3.05, 3.63) is 11.6 Å². The van der Waals surface area contributed by atoms with Crippen LogP contribution in [0, 0.1) is 0 Å². The lowest BCUT2D eigenvalue weighted by molar-refractivity contribution is 0.0494. The average molecular weight is 226 g/mol. The number of hydrogen-bond acceptors (Lipinski definition) is 3. The molecule has 1 rings (SSSR count). The van der Waals surface area contributed by atoms with Crippen LogP contribution in [0.3, 0.4) is 0 Å². The van der Waals surface area contributed by atoms with Gasteiger partial charge in [0.15, 0.2) is 0 Å². The fourth-order valence-corrected chi connectivity index (χ4v) is 2.16. The lowest BCUT2D eigenvalue weighted by atomic mass is 10.1. The number of aliphatic hydroxyl groups is 1. The van der Waals surface area contributed by atoms with E-state index in [0.29, 0.717) is 6.04 Å². The Morgan fingerprint density at radius 3 is 2.62 bits per heavy atom. The zero-order valence-electron chi connectivity index (χ0n) is 11.1. The smallest absolute Gasteiger partial charge is 0.0639 e.